The first-order chi connectivity index (χ1) is 14.9. The second-order valence-corrected chi connectivity index (χ2v) is 8.37. The van der Waals surface area contributed by atoms with Crippen LogP contribution in [-0.4, -0.2) is 50.0 Å². The Morgan fingerprint density at radius 2 is 1.87 bits per heavy atom. The van der Waals surface area contributed by atoms with Gasteiger partial charge in [-0.25, -0.2) is 0 Å². The van der Waals surface area contributed by atoms with Gasteiger partial charge in [0.25, 0.3) is 0 Å². The van der Waals surface area contributed by atoms with Crippen LogP contribution in [0.15, 0.2) is 60.0 Å². The molecular formula is C22H22F3N5S. The summed E-state index contributed by atoms with van der Waals surface area (Å²) in [6, 6.07) is 9.39. The molecule has 4 rings (SSSR count). The molecule has 0 spiro atoms. The van der Waals surface area contributed by atoms with Gasteiger partial charge < -0.3 is 4.57 Å². The highest BCUT2D eigenvalue weighted by atomic mass is 32.2. The Morgan fingerprint density at radius 3 is 2.58 bits per heavy atom. The lowest BCUT2D eigenvalue weighted by Gasteiger charge is -2.26. The van der Waals surface area contributed by atoms with Gasteiger partial charge in [-0.05, 0) is 41.8 Å². The summed E-state index contributed by atoms with van der Waals surface area (Å²) in [5.41, 5.74) is 2.01. The van der Waals surface area contributed by atoms with Crippen molar-refractivity contribution in [3.63, 3.8) is 0 Å². The summed E-state index contributed by atoms with van der Waals surface area (Å²) in [5.74, 6) is 1.66. The third kappa shape index (κ3) is 5.16. The van der Waals surface area contributed by atoms with E-state index in [9.17, 15) is 13.2 Å². The van der Waals surface area contributed by atoms with Crippen molar-refractivity contribution in [3.8, 4) is 11.4 Å². The lowest BCUT2D eigenvalue weighted by molar-refractivity contribution is -0.137. The zero-order chi connectivity index (χ0) is 21.8. The van der Waals surface area contributed by atoms with Crippen LogP contribution in [-0.2, 0) is 13.2 Å². The number of hydrogen-bond acceptors (Lipinski definition) is 5. The summed E-state index contributed by atoms with van der Waals surface area (Å²) in [6.07, 6.45) is 1.92. The molecule has 2 aromatic heterocycles. The van der Waals surface area contributed by atoms with Gasteiger partial charge in [-0.1, -0.05) is 30.0 Å². The molecule has 0 N–H and O–H groups in total. The highest BCUT2D eigenvalue weighted by Gasteiger charge is 2.30. The zero-order valence-corrected chi connectivity index (χ0v) is 17.8. The average Bonchev–Trinajstić information content (AvgIpc) is 3.15. The van der Waals surface area contributed by atoms with Crippen LogP contribution in [0.5, 0.6) is 0 Å². The second-order valence-electron chi connectivity index (χ2n) is 7.31. The van der Waals surface area contributed by atoms with E-state index in [1.54, 1.807) is 30.2 Å². The van der Waals surface area contributed by atoms with E-state index in [0.29, 0.717) is 5.56 Å². The van der Waals surface area contributed by atoms with Gasteiger partial charge in [0.2, 0.25) is 0 Å². The number of aromatic nitrogens is 4. The number of thioether (sulfide) groups is 1. The van der Waals surface area contributed by atoms with Gasteiger partial charge in [-0.15, -0.1) is 10.2 Å². The highest BCUT2D eigenvalue weighted by Crippen LogP contribution is 2.32. The molecule has 0 bridgehead atoms. The van der Waals surface area contributed by atoms with Gasteiger partial charge >= 0.3 is 6.18 Å². The maximum Gasteiger partial charge on any atom is 0.416 e. The molecule has 5 nitrogen and oxygen atoms in total. The second kappa shape index (κ2) is 9.23. The SMILES string of the molecule is Cn1c(SCCN2CC=C(c3cccc(C(F)(F)F)c3)CC2)nnc1-c1ccncc1. The lowest BCUT2D eigenvalue weighted by Crippen LogP contribution is -2.30. The van der Waals surface area contributed by atoms with E-state index in [1.807, 2.05) is 29.8 Å². The van der Waals surface area contributed by atoms with Crippen LogP contribution >= 0.6 is 11.8 Å². The first kappa shape index (κ1) is 21.6. The summed E-state index contributed by atoms with van der Waals surface area (Å²) >= 11 is 1.64. The van der Waals surface area contributed by atoms with Crippen LogP contribution in [0.3, 0.4) is 0 Å². The van der Waals surface area contributed by atoms with Crippen molar-refractivity contribution in [3.05, 3.63) is 66.0 Å². The van der Waals surface area contributed by atoms with E-state index in [1.165, 1.54) is 12.1 Å². The molecule has 1 aliphatic rings. The Bertz CT molecular complexity index is 1060. The molecule has 0 saturated carbocycles. The van der Waals surface area contributed by atoms with Gasteiger partial charge in [0.15, 0.2) is 11.0 Å². The van der Waals surface area contributed by atoms with Gasteiger partial charge in [-0.2, -0.15) is 13.2 Å². The predicted molar refractivity (Wildman–Crippen MR) is 115 cm³/mol. The van der Waals surface area contributed by atoms with E-state index in [4.69, 9.17) is 0 Å². The molecule has 0 unspecified atom stereocenters. The molecule has 0 saturated heterocycles. The van der Waals surface area contributed by atoms with Crippen molar-refractivity contribution in [2.24, 2.45) is 7.05 Å². The monoisotopic (exact) mass is 445 g/mol. The number of rotatable bonds is 6. The van der Waals surface area contributed by atoms with Gasteiger partial charge in [0.05, 0.1) is 5.56 Å². The summed E-state index contributed by atoms with van der Waals surface area (Å²) in [6.45, 7) is 2.42. The minimum absolute atomic E-state index is 0.598. The van der Waals surface area contributed by atoms with Crippen molar-refractivity contribution in [2.75, 3.05) is 25.4 Å². The Labute approximate surface area is 183 Å². The van der Waals surface area contributed by atoms with E-state index in [-0.39, 0.29) is 0 Å². The zero-order valence-electron chi connectivity index (χ0n) is 17.0. The molecule has 0 atom stereocenters. The molecule has 1 aromatic carbocycles. The third-order valence-electron chi connectivity index (χ3n) is 5.27. The number of halogens is 3. The molecule has 162 valence electrons. The average molecular weight is 446 g/mol. The Morgan fingerprint density at radius 1 is 1.06 bits per heavy atom. The maximum absolute atomic E-state index is 13.0. The van der Waals surface area contributed by atoms with Crippen LogP contribution in [0.1, 0.15) is 17.5 Å². The molecule has 3 aromatic rings. The quantitative estimate of drug-likeness (QED) is 0.511. The van der Waals surface area contributed by atoms with E-state index in [0.717, 1.165) is 60.0 Å². The van der Waals surface area contributed by atoms with E-state index >= 15 is 0 Å². The molecule has 1 aliphatic heterocycles. The number of benzene rings is 1. The van der Waals surface area contributed by atoms with E-state index < -0.39 is 11.7 Å². The molecule has 0 aliphatic carbocycles. The summed E-state index contributed by atoms with van der Waals surface area (Å²) in [5, 5.41) is 9.42. The highest BCUT2D eigenvalue weighted by molar-refractivity contribution is 7.99. The fourth-order valence-electron chi connectivity index (χ4n) is 3.53. The van der Waals surface area contributed by atoms with Gasteiger partial charge in [-0.3, -0.25) is 9.88 Å². The number of nitrogens with zero attached hydrogens (tertiary/aromatic N) is 5. The summed E-state index contributed by atoms with van der Waals surface area (Å²) < 4.78 is 40.9. The summed E-state index contributed by atoms with van der Waals surface area (Å²) in [4.78, 5) is 6.32. The number of hydrogen-bond donors (Lipinski definition) is 0. The topological polar surface area (TPSA) is 46.8 Å². The molecular weight excluding hydrogens is 423 g/mol. The first-order valence-corrected chi connectivity index (χ1v) is 10.9. The minimum atomic E-state index is -4.31. The van der Waals surface area contributed by atoms with E-state index in [2.05, 4.69) is 20.1 Å². The van der Waals surface area contributed by atoms with Crippen LogP contribution in [0.2, 0.25) is 0 Å². The maximum atomic E-state index is 13.0. The molecule has 9 heteroatoms. The van der Waals surface area contributed by atoms with Crippen molar-refractivity contribution >= 4 is 17.3 Å². The first-order valence-electron chi connectivity index (χ1n) is 9.93. The van der Waals surface area contributed by atoms with Crippen molar-refractivity contribution in [2.45, 2.75) is 17.8 Å². The minimum Gasteiger partial charge on any atom is -0.305 e. The van der Waals surface area contributed by atoms with Gasteiger partial charge in [0.1, 0.15) is 0 Å². The van der Waals surface area contributed by atoms with Crippen molar-refractivity contribution < 1.29 is 13.2 Å². The molecule has 3 heterocycles. The summed E-state index contributed by atoms with van der Waals surface area (Å²) in [7, 11) is 1.95. The van der Waals surface area contributed by atoms with Crippen LogP contribution < -0.4 is 0 Å². The Balaban J connectivity index is 1.31. The van der Waals surface area contributed by atoms with Crippen LogP contribution in [0.4, 0.5) is 13.2 Å². The van der Waals surface area contributed by atoms with Crippen molar-refractivity contribution in [1.82, 2.24) is 24.6 Å². The third-order valence-corrected chi connectivity index (χ3v) is 6.27. The standard InChI is InChI=1S/C22H22F3N5S/c1-29-20(17-5-9-26-10-6-17)27-28-21(29)31-14-13-30-11-7-16(8-12-30)18-3-2-4-19(15-18)22(23,24)25/h2-7,9-10,15H,8,11-14H2,1H3. The Hall–Kier alpha value is -2.65. The molecule has 0 amide bonds. The lowest BCUT2D eigenvalue weighted by atomic mass is 9.97. The smallest absolute Gasteiger partial charge is 0.305 e. The largest absolute Gasteiger partial charge is 0.416 e. The van der Waals surface area contributed by atoms with Crippen molar-refractivity contribution in [1.29, 1.82) is 0 Å². The van der Waals surface area contributed by atoms with Crippen LogP contribution in [0.25, 0.3) is 17.0 Å². The molecule has 31 heavy (non-hydrogen) atoms. The Kier molecular flexibility index (Phi) is 6.43. The molecule has 0 radical (unpaired) electrons. The fourth-order valence-corrected chi connectivity index (χ4v) is 4.44. The molecule has 0 fully saturated rings. The van der Waals surface area contributed by atoms with Gasteiger partial charge in [0, 0.05) is 50.4 Å². The predicted octanol–water partition coefficient (Wildman–Crippen LogP) is 4.78. The number of pyridine rings is 1. The number of alkyl halides is 3. The normalized spacial score (nSPS) is 15.2. The van der Waals surface area contributed by atoms with Crippen LogP contribution in [0, 0.1) is 0 Å². The fraction of sp³-hybridized carbons (Fsp3) is 0.318.